The molecule has 178 valence electrons. The molecule has 0 aliphatic heterocycles. The van der Waals surface area contributed by atoms with Crippen molar-refractivity contribution in [3.8, 4) is 17.2 Å². The molecule has 0 spiro atoms. The summed E-state index contributed by atoms with van der Waals surface area (Å²) in [4.78, 5) is 27.8. The van der Waals surface area contributed by atoms with Crippen LogP contribution < -0.4 is 10.1 Å². The van der Waals surface area contributed by atoms with Crippen molar-refractivity contribution in [2.45, 2.75) is 52.0 Å². The van der Waals surface area contributed by atoms with Crippen LogP contribution >= 0.6 is 0 Å². The number of carbonyl (C=O) groups is 2. The number of carboxylic acid groups (broad SMARTS) is 1. The Balaban J connectivity index is 1.37. The van der Waals surface area contributed by atoms with Gasteiger partial charge in [0.2, 0.25) is 11.8 Å². The van der Waals surface area contributed by atoms with Crippen LogP contribution in [0.4, 0.5) is 0 Å². The normalized spacial score (nSPS) is 13.0. The highest BCUT2D eigenvalue weighted by atomic mass is 16.5. The average molecular weight is 463 g/mol. The molecule has 4 rings (SSSR count). The summed E-state index contributed by atoms with van der Waals surface area (Å²) in [5.41, 5.74) is 3.57. The number of carbonyl (C=O) groups excluding carboxylic acids is 1. The van der Waals surface area contributed by atoms with Gasteiger partial charge in [0.25, 0.3) is 0 Å². The number of benzene rings is 2. The summed E-state index contributed by atoms with van der Waals surface area (Å²) in [6, 6.07) is 15.4. The number of aromatic nitrogens is 1. The fourth-order valence-corrected chi connectivity index (χ4v) is 3.82. The molecule has 1 fully saturated rings. The summed E-state index contributed by atoms with van der Waals surface area (Å²) in [6.45, 7) is 2.68. The molecule has 7 nitrogen and oxygen atoms in total. The van der Waals surface area contributed by atoms with Gasteiger partial charge in [-0.3, -0.25) is 9.59 Å². The van der Waals surface area contributed by atoms with Crippen molar-refractivity contribution < 1.29 is 23.8 Å². The van der Waals surface area contributed by atoms with Gasteiger partial charge in [-0.1, -0.05) is 24.3 Å². The predicted octanol–water partition coefficient (Wildman–Crippen LogP) is 4.71. The fraction of sp³-hybridized carbons (Fsp3) is 0.370. The van der Waals surface area contributed by atoms with Crippen LogP contribution in [0.5, 0.6) is 5.75 Å². The van der Waals surface area contributed by atoms with Gasteiger partial charge in [-0.2, -0.15) is 0 Å². The van der Waals surface area contributed by atoms with E-state index in [0.29, 0.717) is 50.0 Å². The molecule has 1 aliphatic rings. The third-order valence-electron chi connectivity index (χ3n) is 5.95. The Kier molecular flexibility index (Phi) is 7.62. The van der Waals surface area contributed by atoms with Crippen molar-refractivity contribution in [2.24, 2.45) is 5.92 Å². The molecule has 2 N–H and O–H groups in total. The number of rotatable bonds is 12. The van der Waals surface area contributed by atoms with E-state index in [1.54, 1.807) is 0 Å². The molecule has 1 aliphatic carbocycles. The molecule has 0 saturated heterocycles. The van der Waals surface area contributed by atoms with Crippen LogP contribution in [0.3, 0.4) is 0 Å². The molecule has 0 unspecified atom stereocenters. The van der Waals surface area contributed by atoms with Crippen molar-refractivity contribution in [1.82, 2.24) is 10.3 Å². The molecule has 34 heavy (non-hydrogen) atoms. The van der Waals surface area contributed by atoms with Gasteiger partial charge in [0.15, 0.2) is 0 Å². The second kappa shape index (κ2) is 11.0. The molecule has 1 aromatic heterocycles. The number of nitrogens with one attached hydrogen (secondary N) is 1. The minimum absolute atomic E-state index is 0.0359. The first-order valence-corrected chi connectivity index (χ1v) is 11.7. The van der Waals surface area contributed by atoms with Crippen molar-refractivity contribution in [2.75, 3.05) is 6.61 Å². The zero-order valence-corrected chi connectivity index (χ0v) is 19.4. The van der Waals surface area contributed by atoms with Crippen LogP contribution in [0.2, 0.25) is 0 Å². The Morgan fingerprint density at radius 3 is 2.65 bits per heavy atom. The van der Waals surface area contributed by atoms with Crippen LogP contribution in [-0.4, -0.2) is 28.6 Å². The highest BCUT2D eigenvalue weighted by Gasteiger charge is 2.24. The largest absolute Gasteiger partial charge is 0.493 e. The molecular formula is C27H30N2O5. The molecule has 1 heterocycles. The molecule has 1 saturated carbocycles. The Labute approximate surface area is 199 Å². The summed E-state index contributed by atoms with van der Waals surface area (Å²) in [5.74, 6) is 1.75. The van der Waals surface area contributed by atoms with Crippen molar-refractivity contribution >= 4 is 11.9 Å². The summed E-state index contributed by atoms with van der Waals surface area (Å²) in [6.07, 6.45) is 3.85. The minimum Gasteiger partial charge on any atom is -0.493 e. The van der Waals surface area contributed by atoms with Crippen LogP contribution in [0.15, 0.2) is 52.9 Å². The van der Waals surface area contributed by atoms with E-state index < -0.39 is 5.97 Å². The van der Waals surface area contributed by atoms with E-state index in [-0.39, 0.29) is 12.3 Å². The standard InChI is InChI=1S/C27H30N2O5/c1-18-24(29-27(34-18)21-5-3-2-4-6-21)13-14-33-23-11-9-20(10-12-26(31)32)22(16-23)17-28-25(30)15-19-7-8-19/h2-6,9,11,16,19H,7-8,10,12-15,17H2,1H3,(H,28,30)(H,31,32). The highest BCUT2D eigenvalue weighted by molar-refractivity contribution is 5.76. The van der Waals surface area contributed by atoms with Gasteiger partial charge in [-0.25, -0.2) is 4.98 Å². The molecule has 2 aromatic carbocycles. The third kappa shape index (κ3) is 6.70. The number of amides is 1. The number of aryl methyl sites for hydroxylation is 2. The Bertz CT molecular complexity index is 1140. The number of carboxylic acids is 1. The van der Waals surface area contributed by atoms with Gasteiger partial charge >= 0.3 is 5.97 Å². The number of nitrogens with zero attached hydrogens (tertiary/aromatic N) is 1. The van der Waals surface area contributed by atoms with Crippen LogP contribution in [0.1, 0.15) is 48.3 Å². The van der Waals surface area contributed by atoms with Gasteiger partial charge < -0.3 is 19.6 Å². The average Bonchev–Trinajstić information content (AvgIpc) is 3.57. The lowest BCUT2D eigenvalue weighted by Crippen LogP contribution is -2.23. The van der Waals surface area contributed by atoms with Gasteiger partial charge in [-0.05, 0) is 67.5 Å². The molecule has 3 aromatic rings. The smallest absolute Gasteiger partial charge is 0.303 e. The van der Waals surface area contributed by atoms with E-state index in [9.17, 15) is 9.59 Å². The van der Waals surface area contributed by atoms with Crippen molar-refractivity contribution in [3.63, 3.8) is 0 Å². The molecule has 1 amide bonds. The zero-order chi connectivity index (χ0) is 23.9. The Morgan fingerprint density at radius 2 is 1.91 bits per heavy atom. The second-order valence-corrected chi connectivity index (χ2v) is 8.73. The number of hydrogen-bond acceptors (Lipinski definition) is 5. The van der Waals surface area contributed by atoms with Crippen molar-refractivity contribution in [3.05, 3.63) is 71.1 Å². The van der Waals surface area contributed by atoms with E-state index in [1.807, 2.05) is 55.5 Å². The van der Waals surface area contributed by atoms with Crippen molar-refractivity contribution in [1.29, 1.82) is 0 Å². The van der Waals surface area contributed by atoms with Crippen LogP contribution in [0, 0.1) is 12.8 Å². The van der Waals surface area contributed by atoms with E-state index >= 15 is 0 Å². The van der Waals surface area contributed by atoms with Gasteiger partial charge in [0, 0.05) is 31.4 Å². The Hall–Kier alpha value is -3.61. The quantitative estimate of drug-likeness (QED) is 0.404. The maximum atomic E-state index is 12.1. The lowest BCUT2D eigenvalue weighted by molar-refractivity contribution is -0.137. The highest BCUT2D eigenvalue weighted by Crippen LogP contribution is 2.32. The van der Waals surface area contributed by atoms with Crippen LogP contribution in [0.25, 0.3) is 11.5 Å². The first-order chi connectivity index (χ1) is 16.5. The SMILES string of the molecule is Cc1oc(-c2ccccc2)nc1CCOc1ccc(CCC(=O)O)c(CNC(=O)CC2CC2)c1. The summed E-state index contributed by atoms with van der Waals surface area (Å²) < 4.78 is 11.8. The van der Waals surface area contributed by atoms with Gasteiger partial charge in [0.05, 0.1) is 12.3 Å². The lowest BCUT2D eigenvalue weighted by atomic mass is 10.0. The van der Waals surface area contributed by atoms with E-state index in [0.717, 1.165) is 41.0 Å². The van der Waals surface area contributed by atoms with E-state index in [4.69, 9.17) is 14.3 Å². The predicted molar refractivity (Wildman–Crippen MR) is 127 cm³/mol. The maximum absolute atomic E-state index is 12.1. The lowest BCUT2D eigenvalue weighted by Gasteiger charge is -2.13. The molecule has 7 heteroatoms. The van der Waals surface area contributed by atoms with Gasteiger partial charge in [0.1, 0.15) is 11.5 Å². The fourth-order valence-electron chi connectivity index (χ4n) is 3.82. The number of aliphatic carboxylic acids is 1. The number of hydrogen-bond donors (Lipinski definition) is 2. The van der Waals surface area contributed by atoms with Gasteiger partial charge in [-0.15, -0.1) is 0 Å². The number of oxazole rings is 1. The zero-order valence-electron chi connectivity index (χ0n) is 19.4. The minimum atomic E-state index is -0.845. The monoisotopic (exact) mass is 462 g/mol. The second-order valence-electron chi connectivity index (χ2n) is 8.73. The molecular weight excluding hydrogens is 432 g/mol. The summed E-state index contributed by atoms with van der Waals surface area (Å²) >= 11 is 0. The van der Waals surface area contributed by atoms with Crippen LogP contribution in [-0.2, 0) is 29.0 Å². The molecule has 0 radical (unpaired) electrons. The third-order valence-corrected chi connectivity index (χ3v) is 5.95. The molecule has 0 atom stereocenters. The summed E-state index contributed by atoms with van der Waals surface area (Å²) in [7, 11) is 0. The maximum Gasteiger partial charge on any atom is 0.303 e. The topological polar surface area (TPSA) is 102 Å². The van der Waals surface area contributed by atoms with E-state index in [2.05, 4.69) is 10.3 Å². The summed E-state index contributed by atoms with van der Waals surface area (Å²) in [5, 5.41) is 12.0. The van der Waals surface area contributed by atoms with E-state index in [1.165, 1.54) is 0 Å². The Morgan fingerprint density at radius 1 is 1.12 bits per heavy atom. The first-order valence-electron chi connectivity index (χ1n) is 11.7. The molecule has 0 bridgehead atoms. The first kappa shape index (κ1) is 23.5. The number of ether oxygens (including phenoxy) is 1.